The number of halogens is 1. The number of hydrogen-bond acceptors (Lipinski definition) is 3. The van der Waals surface area contributed by atoms with Crippen molar-refractivity contribution in [2.75, 3.05) is 13.2 Å². The van der Waals surface area contributed by atoms with E-state index in [1.165, 1.54) is 0 Å². The fourth-order valence-corrected chi connectivity index (χ4v) is 3.14. The van der Waals surface area contributed by atoms with Crippen molar-refractivity contribution in [2.24, 2.45) is 0 Å². The summed E-state index contributed by atoms with van der Waals surface area (Å²) in [6.45, 7) is 4.48. The molecule has 5 nitrogen and oxygen atoms in total. The summed E-state index contributed by atoms with van der Waals surface area (Å²) in [4.78, 5) is 18.4. The van der Waals surface area contributed by atoms with Crippen molar-refractivity contribution >= 4 is 33.1 Å². The van der Waals surface area contributed by atoms with Crippen LogP contribution in [0, 0.1) is 0 Å². The summed E-state index contributed by atoms with van der Waals surface area (Å²) in [6, 6.07) is 5.99. The van der Waals surface area contributed by atoms with Crippen LogP contribution in [0.15, 0.2) is 22.7 Å². The van der Waals surface area contributed by atoms with Gasteiger partial charge in [-0.3, -0.25) is 4.90 Å². The number of para-hydroxylation sites is 1. The van der Waals surface area contributed by atoms with E-state index >= 15 is 0 Å². The van der Waals surface area contributed by atoms with Gasteiger partial charge in [0.15, 0.2) is 0 Å². The van der Waals surface area contributed by atoms with Crippen LogP contribution < -0.4 is 0 Å². The van der Waals surface area contributed by atoms with Gasteiger partial charge in [-0.15, -0.1) is 0 Å². The van der Waals surface area contributed by atoms with Crippen molar-refractivity contribution in [1.82, 2.24) is 14.5 Å². The number of hydrogen-bond donors (Lipinski definition) is 0. The zero-order valence-electron chi connectivity index (χ0n) is 12.0. The molecule has 3 rings (SSSR count). The van der Waals surface area contributed by atoms with E-state index in [0.29, 0.717) is 19.7 Å². The number of unbranched alkanes of at least 4 members (excludes halogenated alkanes) is 1. The number of carbonyl (C=O) groups excluding carboxylic acids is 1. The Kier molecular flexibility index (Phi) is 4.14. The van der Waals surface area contributed by atoms with E-state index in [-0.39, 0.29) is 6.09 Å². The number of benzene rings is 1. The van der Waals surface area contributed by atoms with Crippen molar-refractivity contribution in [3.63, 3.8) is 0 Å². The number of imidazole rings is 1. The van der Waals surface area contributed by atoms with Gasteiger partial charge in [-0.1, -0.05) is 19.4 Å². The summed E-state index contributed by atoms with van der Waals surface area (Å²) in [5.74, 6) is 0.913. The van der Waals surface area contributed by atoms with E-state index in [1.807, 2.05) is 18.2 Å². The number of ether oxygens (including phenoxy) is 1. The van der Waals surface area contributed by atoms with Crippen LogP contribution in [0.1, 0.15) is 25.6 Å². The molecule has 1 amide bonds. The van der Waals surface area contributed by atoms with Gasteiger partial charge in [0, 0.05) is 17.6 Å². The van der Waals surface area contributed by atoms with Crippen molar-refractivity contribution in [2.45, 2.75) is 32.9 Å². The summed E-state index contributed by atoms with van der Waals surface area (Å²) in [7, 11) is 0. The second-order valence-electron chi connectivity index (χ2n) is 5.18. The number of fused-ring (bicyclic) bond motifs is 3. The number of aromatic nitrogens is 2. The van der Waals surface area contributed by atoms with Crippen molar-refractivity contribution in [3.05, 3.63) is 28.5 Å². The maximum atomic E-state index is 12.0. The number of amides is 1. The molecule has 0 saturated carbocycles. The van der Waals surface area contributed by atoms with Crippen LogP contribution in [0.2, 0.25) is 0 Å². The average molecular weight is 352 g/mol. The van der Waals surface area contributed by atoms with Gasteiger partial charge in [0.05, 0.1) is 24.2 Å². The lowest BCUT2D eigenvalue weighted by Crippen LogP contribution is -2.38. The quantitative estimate of drug-likeness (QED) is 0.794. The Morgan fingerprint density at radius 1 is 1.43 bits per heavy atom. The normalized spacial score (nSPS) is 14.3. The molecule has 0 saturated heterocycles. The smallest absolute Gasteiger partial charge is 0.410 e. The summed E-state index contributed by atoms with van der Waals surface area (Å²) in [5, 5.41) is 0. The molecule has 1 aliphatic heterocycles. The third-order valence-corrected chi connectivity index (χ3v) is 4.34. The lowest BCUT2D eigenvalue weighted by Gasteiger charge is -2.27. The van der Waals surface area contributed by atoms with Crippen LogP contribution in [0.4, 0.5) is 4.79 Å². The Morgan fingerprint density at radius 2 is 2.29 bits per heavy atom. The minimum Gasteiger partial charge on any atom is -0.449 e. The Bertz CT molecular complexity index is 668. The Morgan fingerprint density at radius 3 is 3.10 bits per heavy atom. The van der Waals surface area contributed by atoms with Gasteiger partial charge in [-0.2, -0.15) is 0 Å². The number of carbonyl (C=O) groups is 1. The summed E-state index contributed by atoms with van der Waals surface area (Å²) >= 11 is 3.58. The molecule has 0 fully saturated rings. The van der Waals surface area contributed by atoms with Gasteiger partial charge in [0.1, 0.15) is 5.82 Å². The molecule has 6 heteroatoms. The summed E-state index contributed by atoms with van der Waals surface area (Å²) in [5.41, 5.74) is 2.06. The van der Waals surface area contributed by atoms with Crippen LogP contribution in [-0.2, 0) is 17.8 Å². The van der Waals surface area contributed by atoms with E-state index < -0.39 is 0 Å². The van der Waals surface area contributed by atoms with Crippen LogP contribution in [0.5, 0.6) is 0 Å². The second-order valence-corrected chi connectivity index (χ2v) is 6.03. The maximum absolute atomic E-state index is 12.0. The molecule has 1 aromatic carbocycles. The largest absolute Gasteiger partial charge is 0.449 e. The third kappa shape index (κ3) is 2.77. The van der Waals surface area contributed by atoms with E-state index in [4.69, 9.17) is 4.74 Å². The first-order chi connectivity index (χ1) is 10.2. The van der Waals surface area contributed by atoms with Crippen LogP contribution in [0.3, 0.4) is 0 Å². The monoisotopic (exact) mass is 351 g/mol. The fraction of sp³-hybridized carbons (Fsp3) is 0.467. The average Bonchev–Trinajstić information content (AvgIpc) is 2.86. The van der Waals surface area contributed by atoms with Crippen molar-refractivity contribution in [1.29, 1.82) is 0 Å². The van der Waals surface area contributed by atoms with Crippen molar-refractivity contribution < 1.29 is 9.53 Å². The molecule has 0 N–H and O–H groups in total. The first kappa shape index (κ1) is 14.4. The highest BCUT2D eigenvalue weighted by molar-refractivity contribution is 9.10. The number of nitrogens with zero attached hydrogens (tertiary/aromatic N) is 3. The molecular weight excluding hydrogens is 334 g/mol. The first-order valence-corrected chi connectivity index (χ1v) is 8.05. The zero-order valence-corrected chi connectivity index (χ0v) is 13.6. The topological polar surface area (TPSA) is 47.4 Å². The molecule has 0 atom stereocenters. The highest BCUT2D eigenvalue weighted by Gasteiger charge is 2.25. The van der Waals surface area contributed by atoms with Crippen LogP contribution in [0.25, 0.3) is 11.0 Å². The van der Waals surface area contributed by atoms with E-state index in [0.717, 1.165) is 40.7 Å². The second kappa shape index (κ2) is 6.05. The fourth-order valence-electron chi connectivity index (χ4n) is 2.57. The Labute approximate surface area is 132 Å². The molecule has 1 aliphatic rings. The molecule has 2 aromatic rings. The molecule has 0 spiro atoms. The predicted molar refractivity (Wildman–Crippen MR) is 84.1 cm³/mol. The molecule has 0 radical (unpaired) electrons. The van der Waals surface area contributed by atoms with Gasteiger partial charge in [0.2, 0.25) is 0 Å². The maximum Gasteiger partial charge on any atom is 0.410 e. The lowest BCUT2D eigenvalue weighted by atomic mass is 10.3. The molecular formula is C15H18BrN3O2. The minimum atomic E-state index is -0.235. The standard InChI is InChI=1S/C15H18BrN3O2/c1-2-3-9-21-15(20)18-7-8-19-13(10-18)17-12-6-4-5-11(16)14(12)19/h4-6H,2-3,7-10H2,1H3. The first-order valence-electron chi connectivity index (χ1n) is 7.26. The predicted octanol–water partition coefficient (Wildman–Crippen LogP) is 3.55. The van der Waals surface area contributed by atoms with Crippen molar-refractivity contribution in [3.8, 4) is 0 Å². The summed E-state index contributed by atoms with van der Waals surface area (Å²) in [6.07, 6.45) is 1.70. The van der Waals surface area contributed by atoms with Crippen LogP contribution >= 0.6 is 15.9 Å². The SMILES string of the molecule is CCCCOC(=O)N1CCn2c(nc3cccc(Br)c32)C1. The highest BCUT2D eigenvalue weighted by Crippen LogP contribution is 2.27. The molecule has 2 heterocycles. The lowest BCUT2D eigenvalue weighted by molar-refractivity contribution is 0.0911. The summed E-state index contributed by atoms with van der Waals surface area (Å²) < 4.78 is 8.49. The highest BCUT2D eigenvalue weighted by atomic mass is 79.9. The Hall–Kier alpha value is -1.56. The molecule has 0 bridgehead atoms. The molecule has 0 aliphatic carbocycles. The van der Waals surface area contributed by atoms with E-state index in [2.05, 4.69) is 32.4 Å². The molecule has 112 valence electrons. The van der Waals surface area contributed by atoms with Crippen LogP contribution in [-0.4, -0.2) is 33.7 Å². The third-order valence-electron chi connectivity index (χ3n) is 3.70. The van der Waals surface area contributed by atoms with Gasteiger partial charge in [-0.25, -0.2) is 9.78 Å². The molecule has 21 heavy (non-hydrogen) atoms. The van der Waals surface area contributed by atoms with Gasteiger partial charge in [0.25, 0.3) is 0 Å². The van der Waals surface area contributed by atoms with Gasteiger partial charge >= 0.3 is 6.09 Å². The van der Waals surface area contributed by atoms with E-state index in [9.17, 15) is 4.79 Å². The molecule has 1 aromatic heterocycles. The molecule has 0 unspecified atom stereocenters. The minimum absolute atomic E-state index is 0.235. The van der Waals surface area contributed by atoms with E-state index in [1.54, 1.807) is 4.90 Å². The zero-order chi connectivity index (χ0) is 14.8. The van der Waals surface area contributed by atoms with Gasteiger partial charge < -0.3 is 9.30 Å². The Balaban J connectivity index is 1.78. The van der Waals surface area contributed by atoms with Gasteiger partial charge in [-0.05, 0) is 34.5 Å². The number of rotatable bonds is 3.